The van der Waals surface area contributed by atoms with Crippen LogP contribution in [0.3, 0.4) is 0 Å². The van der Waals surface area contributed by atoms with Crippen LogP contribution in [0.5, 0.6) is 0 Å². The van der Waals surface area contributed by atoms with Crippen LogP contribution in [0.2, 0.25) is 0 Å². The molecular formula is C14H17F3O2. The first kappa shape index (κ1) is 15.7. The van der Waals surface area contributed by atoms with Gasteiger partial charge in [-0.15, -0.1) is 0 Å². The van der Waals surface area contributed by atoms with E-state index in [0.717, 1.165) is 12.1 Å². The zero-order valence-corrected chi connectivity index (χ0v) is 11.2. The third-order valence-electron chi connectivity index (χ3n) is 3.09. The van der Waals surface area contributed by atoms with Crippen LogP contribution >= 0.6 is 0 Å². The summed E-state index contributed by atoms with van der Waals surface area (Å²) in [6.45, 7) is 5.60. The van der Waals surface area contributed by atoms with Crippen molar-refractivity contribution in [2.24, 2.45) is 0 Å². The number of ketones is 1. The van der Waals surface area contributed by atoms with Gasteiger partial charge in [-0.3, -0.25) is 4.79 Å². The van der Waals surface area contributed by atoms with Gasteiger partial charge in [0.1, 0.15) is 5.60 Å². The lowest BCUT2D eigenvalue weighted by Gasteiger charge is -2.26. The number of Topliss-reactive ketones (excluding diaryl/α,β-unsaturated/α-hetero) is 1. The van der Waals surface area contributed by atoms with E-state index in [0.29, 0.717) is 13.0 Å². The maximum Gasteiger partial charge on any atom is 0.416 e. The highest BCUT2D eigenvalue weighted by molar-refractivity contribution is 6.02. The first-order valence-corrected chi connectivity index (χ1v) is 6.10. The van der Waals surface area contributed by atoms with Crippen LogP contribution in [-0.2, 0) is 10.9 Å². The normalized spacial score (nSPS) is 15.1. The van der Waals surface area contributed by atoms with E-state index in [2.05, 4.69) is 0 Å². The number of benzene rings is 1. The Kier molecular flexibility index (Phi) is 4.74. The summed E-state index contributed by atoms with van der Waals surface area (Å²) in [5, 5.41) is 0. The molecule has 0 radical (unpaired) electrons. The number of halogens is 3. The van der Waals surface area contributed by atoms with Crippen molar-refractivity contribution in [1.82, 2.24) is 0 Å². The van der Waals surface area contributed by atoms with Crippen molar-refractivity contribution in [2.75, 3.05) is 6.61 Å². The molecule has 1 rings (SSSR count). The van der Waals surface area contributed by atoms with Crippen molar-refractivity contribution in [3.63, 3.8) is 0 Å². The van der Waals surface area contributed by atoms with E-state index in [1.807, 2.05) is 0 Å². The lowest BCUT2D eigenvalue weighted by molar-refractivity contribution is -0.137. The molecule has 1 unspecified atom stereocenters. The van der Waals surface area contributed by atoms with Crippen LogP contribution in [-0.4, -0.2) is 18.0 Å². The van der Waals surface area contributed by atoms with Crippen molar-refractivity contribution in [3.8, 4) is 0 Å². The minimum atomic E-state index is -4.39. The average Bonchev–Trinajstić information content (AvgIpc) is 2.37. The van der Waals surface area contributed by atoms with Gasteiger partial charge in [-0.2, -0.15) is 13.2 Å². The Bertz CT molecular complexity index is 437. The van der Waals surface area contributed by atoms with Crippen LogP contribution in [0.15, 0.2) is 24.3 Å². The molecule has 0 heterocycles. The molecule has 0 saturated heterocycles. The van der Waals surface area contributed by atoms with Gasteiger partial charge in [0.15, 0.2) is 5.78 Å². The molecule has 1 aromatic rings. The average molecular weight is 274 g/mol. The summed E-state index contributed by atoms with van der Waals surface area (Å²) in [6, 6.07) is 4.21. The van der Waals surface area contributed by atoms with Crippen molar-refractivity contribution >= 4 is 5.78 Å². The Balaban J connectivity index is 3.01. The molecule has 106 valence electrons. The molecule has 1 aromatic carbocycles. The van der Waals surface area contributed by atoms with E-state index < -0.39 is 17.3 Å². The number of alkyl halides is 3. The second kappa shape index (κ2) is 5.74. The van der Waals surface area contributed by atoms with Gasteiger partial charge in [0.2, 0.25) is 0 Å². The van der Waals surface area contributed by atoms with Gasteiger partial charge in [0, 0.05) is 12.2 Å². The summed E-state index contributed by atoms with van der Waals surface area (Å²) >= 11 is 0. The largest absolute Gasteiger partial charge is 0.416 e. The molecule has 0 N–H and O–H groups in total. The summed E-state index contributed by atoms with van der Waals surface area (Å²) in [6.07, 6.45) is -3.93. The molecule has 0 fully saturated rings. The Labute approximate surface area is 110 Å². The molecule has 1 atom stereocenters. The van der Waals surface area contributed by atoms with Crippen LogP contribution < -0.4 is 0 Å². The zero-order chi connectivity index (χ0) is 14.7. The molecule has 0 aliphatic heterocycles. The first-order valence-electron chi connectivity index (χ1n) is 6.10. The lowest BCUT2D eigenvalue weighted by Crippen LogP contribution is -2.37. The molecule has 0 aliphatic rings. The summed E-state index contributed by atoms with van der Waals surface area (Å²) in [5.41, 5.74) is -1.53. The van der Waals surface area contributed by atoms with Crippen molar-refractivity contribution in [1.29, 1.82) is 0 Å². The summed E-state index contributed by atoms with van der Waals surface area (Å²) in [4.78, 5) is 12.2. The SMILES string of the molecule is CCOC(C)(CC)C(=O)c1ccc(C(F)(F)F)cc1. The molecule has 5 heteroatoms. The van der Waals surface area contributed by atoms with Gasteiger partial charge in [-0.25, -0.2) is 0 Å². The molecule has 0 amide bonds. The number of carbonyl (C=O) groups excluding carboxylic acids is 1. The molecule has 0 saturated carbocycles. The standard InChI is InChI=1S/C14H17F3O2/c1-4-13(3,19-5-2)12(18)10-6-8-11(9-7-10)14(15,16)17/h6-9H,4-5H2,1-3H3. The van der Waals surface area contributed by atoms with Gasteiger partial charge >= 0.3 is 6.18 Å². The number of hydrogen-bond donors (Lipinski definition) is 0. The molecular weight excluding hydrogens is 257 g/mol. The van der Waals surface area contributed by atoms with E-state index in [4.69, 9.17) is 4.74 Å². The second-order valence-corrected chi connectivity index (χ2v) is 4.42. The highest BCUT2D eigenvalue weighted by Gasteiger charge is 2.34. The maximum atomic E-state index is 12.4. The lowest BCUT2D eigenvalue weighted by atomic mass is 9.91. The molecule has 0 bridgehead atoms. The maximum absolute atomic E-state index is 12.4. The minimum Gasteiger partial charge on any atom is -0.367 e. The summed E-state index contributed by atoms with van der Waals surface area (Å²) in [5.74, 6) is -0.300. The predicted octanol–water partition coefficient (Wildman–Crippen LogP) is 4.09. The fourth-order valence-corrected chi connectivity index (χ4v) is 1.76. The molecule has 0 aromatic heterocycles. The van der Waals surface area contributed by atoms with Gasteiger partial charge in [0.25, 0.3) is 0 Å². The van der Waals surface area contributed by atoms with E-state index in [9.17, 15) is 18.0 Å². The van der Waals surface area contributed by atoms with Gasteiger partial charge in [-0.1, -0.05) is 19.1 Å². The van der Waals surface area contributed by atoms with Crippen LogP contribution in [0.1, 0.15) is 43.1 Å². The molecule has 0 spiro atoms. The third-order valence-corrected chi connectivity index (χ3v) is 3.09. The van der Waals surface area contributed by atoms with Gasteiger partial charge in [0.05, 0.1) is 5.56 Å². The number of ether oxygens (including phenoxy) is 1. The van der Waals surface area contributed by atoms with E-state index >= 15 is 0 Å². The Morgan fingerprint density at radius 3 is 2.05 bits per heavy atom. The van der Waals surface area contributed by atoms with Gasteiger partial charge in [-0.05, 0) is 32.4 Å². The van der Waals surface area contributed by atoms with Crippen LogP contribution in [0.25, 0.3) is 0 Å². The third kappa shape index (κ3) is 3.56. The Morgan fingerprint density at radius 1 is 1.16 bits per heavy atom. The number of hydrogen-bond acceptors (Lipinski definition) is 2. The van der Waals surface area contributed by atoms with E-state index in [1.54, 1.807) is 20.8 Å². The van der Waals surface area contributed by atoms with E-state index in [1.165, 1.54) is 12.1 Å². The van der Waals surface area contributed by atoms with Crippen LogP contribution in [0, 0.1) is 0 Å². The summed E-state index contributed by atoms with van der Waals surface area (Å²) in [7, 11) is 0. The van der Waals surface area contributed by atoms with Crippen molar-refractivity contribution < 1.29 is 22.7 Å². The fraction of sp³-hybridized carbons (Fsp3) is 0.500. The summed E-state index contributed by atoms with van der Waals surface area (Å²) < 4.78 is 42.7. The van der Waals surface area contributed by atoms with Gasteiger partial charge < -0.3 is 4.74 Å². The smallest absolute Gasteiger partial charge is 0.367 e. The topological polar surface area (TPSA) is 26.3 Å². The zero-order valence-electron chi connectivity index (χ0n) is 11.2. The Morgan fingerprint density at radius 2 is 1.68 bits per heavy atom. The highest BCUT2D eigenvalue weighted by Crippen LogP contribution is 2.30. The molecule has 0 aliphatic carbocycles. The number of rotatable bonds is 5. The second-order valence-electron chi connectivity index (χ2n) is 4.42. The Hall–Kier alpha value is -1.36. The number of carbonyl (C=O) groups is 1. The van der Waals surface area contributed by atoms with Crippen molar-refractivity contribution in [3.05, 3.63) is 35.4 Å². The monoisotopic (exact) mass is 274 g/mol. The highest BCUT2D eigenvalue weighted by atomic mass is 19.4. The first-order chi connectivity index (χ1) is 8.74. The minimum absolute atomic E-state index is 0.228. The predicted molar refractivity (Wildman–Crippen MR) is 66.1 cm³/mol. The quantitative estimate of drug-likeness (QED) is 0.756. The van der Waals surface area contributed by atoms with Crippen molar-refractivity contribution in [2.45, 2.75) is 39.0 Å². The van der Waals surface area contributed by atoms with Crippen LogP contribution in [0.4, 0.5) is 13.2 Å². The molecule has 19 heavy (non-hydrogen) atoms. The fourth-order valence-electron chi connectivity index (χ4n) is 1.76. The molecule has 2 nitrogen and oxygen atoms in total. The van der Waals surface area contributed by atoms with E-state index in [-0.39, 0.29) is 11.3 Å².